The number of piperazine rings is 1. The smallest absolute Gasteiger partial charge is 0.0507 e. The highest BCUT2D eigenvalue weighted by Crippen LogP contribution is 2.32. The molecule has 1 fully saturated rings. The summed E-state index contributed by atoms with van der Waals surface area (Å²) in [4.78, 5) is 4.04. The van der Waals surface area contributed by atoms with Crippen LogP contribution in [0.3, 0.4) is 0 Å². The van der Waals surface area contributed by atoms with Crippen LogP contribution in [0.15, 0.2) is 29.2 Å². The predicted molar refractivity (Wildman–Crippen MR) is 90.9 cm³/mol. The van der Waals surface area contributed by atoms with Crippen molar-refractivity contribution in [2.45, 2.75) is 50.6 Å². The first kappa shape index (κ1) is 15.7. The third kappa shape index (κ3) is 3.32. The van der Waals surface area contributed by atoms with Gasteiger partial charge < -0.3 is 10.2 Å². The Kier molecular flexibility index (Phi) is 5.79. The summed E-state index contributed by atoms with van der Waals surface area (Å²) in [7, 11) is 0. The van der Waals surface area contributed by atoms with Gasteiger partial charge in [0.25, 0.3) is 0 Å². The van der Waals surface area contributed by atoms with E-state index in [1.807, 2.05) is 11.8 Å². The average molecular weight is 292 g/mol. The summed E-state index contributed by atoms with van der Waals surface area (Å²) in [5.41, 5.74) is 1.42. The zero-order valence-electron chi connectivity index (χ0n) is 13.2. The van der Waals surface area contributed by atoms with E-state index in [0.717, 1.165) is 19.0 Å². The lowest BCUT2D eigenvalue weighted by molar-refractivity contribution is 0.305. The molecule has 0 radical (unpaired) electrons. The van der Waals surface area contributed by atoms with Gasteiger partial charge in [-0.25, -0.2) is 0 Å². The molecule has 0 aromatic heterocycles. The zero-order chi connectivity index (χ0) is 14.5. The molecule has 0 bridgehead atoms. The van der Waals surface area contributed by atoms with Gasteiger partial charge in [0.2, 0.25) is 0 Å². The molecule has 20 heavy (non-hydrogen) atoms. The van der Waals surface area contributed by atoms with E-state index in [-0.39, 0.29) is 0 Å². The number of para-hydroxylation sites is 1. The summed E-state index contributed by atoms with van der Waals surface area (Å²) in [6, 6.07) is 10.1. The Labute approximate surface area is 128 Å². The fourth-order valence-electron chi connectivity index (χ4n) is 3.02. The minimum atomic E-state index is 0.609. The molecular weight excluding hydrogens is 264 g/mol. The monoisotopic (exact) mass is 292 g/mol. The summed E-state index contributed by atoms with van der Waals surface area (Å²) in [5, 5.41) is 3.76. The van der Waals surface area contributed by atoms with E-state index in [9.17, 15) is 0 Å². The fraction of sp³-hybridized carbons (Fsp3) is 0.647. The molecule has 2 nitrogen and oxygen atoms in total. The normalized spacial score (nSPS) is 24.7. The number of nitrogens with zero attached hydrogens (tertiary/aromatic N) is 1. The number of hydrogen-bond acceptors (Lipinski definition) is 3. The van der Waals surface area contributed by atoms with E-state index in [2.05, 4.69) is 61.5 Å². The maximum Gasteiger partial charge on any atom is 0.0507 e. The maximum atomic E-state index is 3.76. The lowest BCUT2D eigenvalue weighted by atomic mass is 9.94. The third-order valence-electron chi connectivity index (χ3n) is 4.65. The second-order valence-corrected chi connectivity index (χ2v) is 6.63. The zero-order valence-corrected chi connectivity index (χ0v) is 14.0. The van der Waals surface area contributed by atoms with Gasteiger partial charge in [0.15, 0.2) is 0 Å². The highest BCUT2D eigenvalue weighted by molar-refractivity contribution is 7.98. The highest BCUT2D eigenvalue weighted by atomic mass is 32.2. The van der Waals surface area contributed by atoms with Crippen LogP contribution >= 0.6 is 11.8 Å². The van der Waals surface area contributed by atoms with Crippen molar-refractivity contribution in [2.75, 3.05) is 24.2 Å². The van der Waals surface area contributed by atoms with E-state index >= 15 is 0 Å². The number of nitrogens with one attached hydrogen (secondary N) is 1. The van der Waals surface area contributed by atoms with Crippen molar-refractivity contribution in [1.29, 1.82) is 0 Å². The molecule has 1 aromatic carbocycles. The van der Waals surface area contributed by atoms with E-state index in [1.54, 1.807) is 0 Å². The van der Waals surface area contributed by atoms with Crippen LogP contribution in [-0.2, 0) is 0 Å². The van der Waals surface area contributed by atoms with Crippen molar-refractivity contribution in [2.24, 2.45) is 5.92 Å². The lowest BCUT2D eigenvalue weighted by Gasteiger charge is -2.44. The minimum absolute atomic E-state index is 0.609. The molecule has 1 heterocycles. The number of benzene rings is 1. The Hall–Kier alpha value is -0.670. The topological polar surface area (TPSA) is 15.3 Å². The fourth-order valence-corrected chi connectivity index (χ4v) is 3.62. The van der Waals surface area contributed by atoms with Gasteiger partial charge in [0, 0.05) is 30.1 Å². The van der Waals surface area contributed by atoms with Gasteiger partial charge in [-0.15, -0.1) is 11.8 Å². The first-order valence-corrected chi connectivity index (χ1v) is 9.06. The molecule has 1 N–H and O–H groups in total. The summed E-state index contributed by atoms with van der Waals surface area (Å²) in [6.07, 6.45) is 4.61. The van der Waals surface area contributed by atoms with Crippen LogP contribution in [0.5, 0.6) is 0 Å². The van der Waals surface area contributed by atoms with Crippen molar-refractivity contribution in [3.05, 3.63) is 24.3 Å². The van der Waals surface area contributed by atoms with Crippen molar-refractivity contribution in [3.63, 3.8) is 0 Å². The summed E-state index contributed by atoms with van der Waals surface area (Å²) >= 11 is 1.85. The largest absolute Gasteiger partial charge is 0.365 e. The summed E-state index contributed by atoms with van der Waals surface area (Å²) in [6.45, 7) is 9.19. The van der Waals surface area contributed by atoms with Gasteiger partial charge >= 0.3 is 0 Å². The van der Waals surface area contributed by atoms with Crippen LogP contribution in [0.4, 0.5) is 5.69 Å². The molecule has 1 aliphatic rings. The van der Waals surface area contributed by atoms with Crippen molar-refractivity contribution in [1.82, 2.24) is 5.32 Å². The molecule has 112 valence electrons. The van der Waals surface area contributed by atoms with Gasteiger partial charge in [0.1, 0.15) is 0 Å². The van der Waals surface area contributed by atoms with Crippen molar-refractivity contribution >= 4 is 17.4 Å². The predicted octanol–water partition coefficient (Wildman–Crippen LogP) is 4.01. The van der Waals surface area contributed by atoms with E-state index in [1.165, 1.54) is 23.4 Å². The van der Waals surface area contributed by atoms with E-state index < -0.39 is 0 Å². The second-order valence-electron chi connectivity index (χ2n) is 5.79. The maximum absolute atomic E-state index is 3.76. The SMILES string of the molecule is CCC(C)C1CN(c2ccccc2SC)C(CC)CN1. The average Bonchev–Trinajstić information content (AvgIpc) is 2.53. The Bertz CT molecular complexity index is 421. The first-order valence-electron chi connectivity index (χ1n) is 7.84. The molecule has 1 aromatic rings. The lowest BCUT2D eigenvalue weighted by Crippen LogP contribution is -2.58. The highest BCUT2D eigenvalue weighted by Gasteiger charge is 2.30. The third-order valence-corrected chi connectivity index (χ3v) is 5.43. The Morgan fingerprint density at radius 3 is 2.75 bits per heavy atom. The van der Waals surface area contributed by atoms with Crippen molar-refractivity contribution in [3.8, 4) is 0 Å². The van der Waals surface area contributed by atoms with Gasteiger partial charge in [-0.1, -0.05) is 39.3 Å². The molecule has 0 aliphatic carbocycles. The number of anilines is 1. The van der Waals surface area contributed by atoms with Crippen LogP contribution in [0.2, 0.25) is 0 Å². The molecule has 0 amide bonds. The number of thioether (sulfide) groups is 1. The van der Waals surface area contributed by atoms with Gasteiger partial charge in [-0.05, 0) is 30.7 Å². The molecule has 1 aliphatic heterocycles. The molecule has 0 saturated carbocycles. The molecule has 0 spiro atoms. The van der Waals surface area contributed by atoms with Crippen LogP contribution in [-0.4, -0.2) is 31.4 Å². The standard InChI is InChI=1S/C17H28N2S/c1-5-13(3)15-12-19(14(6-2)11-18-15)16-9-7-8-10-17(16)20-4/h7-10,13-15,18H,5-6,11-12H2,1-4H3. The summed E-state index contributed by atoms with van der Waals surface area (Å²) in [5.74, 6) is 0.733. The molecule has 3 unspecified atom stereocenters. The molecule has 3 heteroatoms. The van der Waals surface area contributed by atoms with Crippen LogP contribution < -0.4 is 10.2 Å². The van der Waals surface area contributed by atoms with Crippen LogP contribution in [0, 0.1) is 5.92 Å². The van der Waals surface area contributed by atoms with Crippen molar-refractivity contribution < 1.29 is 0 Å². The molecular formula is C17H28N2S. The van der Waals surface area contributed by atoms with Gasteiger partial charge in [0.05, 0.1) is 5.69 Å². The van der Waals surface area contributed by atoms with E-state index in [0.29, 0.717) is 12.1 Å². The second kappa shape index (κ2) is 7.37. The Balaban J connectivity index is 2.24. The number of hydrogen-bond donors (Lipinski definition) is 1. The molecule has 2 rings (SSSR count). The molecule has 3 atom stereocenters. The minimum Gasteiger partial charge on any atom is -0.365 e. The quantitative estimate of drug-likeness (QED) is 0.826. The van der Waals surface area contributed by atoms with E-state index in [4.69, 9.17) is 0 Å². The molecule has 1 saturated heterocycles. The van der Waals surface area contributed by atoms with Crippen LogP contribution in [0.25, 0.3) is 0 Å². The Morgan fingerprint density at radius 1 is 1.35 bits per heavy atom. The van der Waals surface area contributed by atoms with Gasteiger partial charge in [-0.2, -0.15) is 0 Å². The van der Waals surface area contributed by atoms with Gasteiger partial charge in [-0.3, -0.25) is 0 Å². The first-order chi connectivity index (χ1) is 9.71. The van der Waals surface area contributed by atoms with Crippen LogP contribution in [0.1, 0.15) is 33.6 Å². The summed E-state index contributed by atoms with van der Waals surface area (Å²) < 4.78 is 0. The number of rotatable bonds is 5. The Morgan fingerprint density at radius 2 is 2.10 bits per heavy atom.